The minimum Gasteiger partial charge on any atom is 0 e. The van der Waals surface area contributed by atoms with Crippen LogP contribution in [0.4, 0.5) is 0 Å². The smallest absolute Gasteiger partial charge is 0 e. The van der Waals surface area contributed by atoms with E-state index < -0.39 is 10.4 Å². The molecular weight excluding hydrogens is 243 g/mol. The van der Waals surface area contributed by atoms with Crippen LogP contribution in [0, 0.1) is 0 Å². The van der Waals surface area contributed by atoms with E-state index in [2.05, 4.69) is 0 Å². The van der Waals surface area contributed by atoms with Gasteiger partial charge in [-0.05, 0) is 0 Å². The van der Waals surface area contributed by atoms with Gasteiger partial charge in [0.2, 0.25) is 0 Å². The SMILES string of the molecule is Cl.O=S(=O)(O)O.[NaH].[NaH].[Zn]. The molecule has 0 amide bonds. The molecule has 0 saturated heterocycles. The Balaban J connectivity index is -0.0000000133. The Morgan fingerprint density at radius 1 is 1.00 bits per heavy atom. The molecule has 0 atom stereocenters. The maximum absolute atomic E-state index is 8.74. The van der Waals surface area contributed by atoms with Gasteiger partial charge in [0.05, 0.1) is 0 Å². The molecule has 0 rings (SSSR count). The van der Waals surface area contributed by atoms with Crippen molar-refractivity contribution in [3.63, 3.8) is 0 Å². The average molecular weight is 248 g/mol. The quantitative estimate of drug-likeness (QED) is 0.403. The van der Waals surface area contributed by atoms with Gasteiger partial charge in [-0.2, -0.15) is 8.42 Å². The average Bonchev–Trinajstić information content (AvgIpc) is 0.722. The van der Waals surface area contributed by atoms with Crippen molar-refractivity contribution < 1.29 is 37.0 Å². The van der Waals surface area contributed by atoms with E-state index in [1.807, 2.05) is 0 Å². The fourth-order valence-corrected chi connectivity index (χ4v) is 0. The third-order valence-corrected chi connectivity index (χ3v) is 0. The first-order valence-electron chi connectivity index (χ1n) is 0.698. The van der Waals surface area contributed by atoms with Crippen molar-refractivity contribution in [2.75, 3.05) is 0 Å². The molecule has 0 saturated carbocycles. The van der Waals surface area contributed by atoms with Gasteiger partial charge in [-0.15, -0.1) is 12.4 Å². The second kappa shape index (κ2) is 13.4. The predicted molar refractivity (Wildman–Crippen MR) is 35.7 cm³/mol. The first kappa shape index (κ1) is 29.8. The van der Waals surface area contributed by atoms with Crippen LogP contribution in [0.25, 0.3) is 0 Å². The van der Waals surface area contributed by atoms with Gasteiger partial charge in [-0.25, -0.2) is 0 Å². The van der Waals surface area contributed by atoms with Crippen molar-refractivity contribution in [2.24, 2.45) is 0 Å². The van der Waals surface area contributed by atoms with Crippen LogP contribution in [0.5, 0.6) is 0 Å². The third kappa shape index (κ3) is 107. The Morgan fingerprint density at radius 2 is 1.00 bits per heavy atom. The molecule has 0 radical (unpaired) electrons. The predicted octanol–water partition coefficient (Wildman–Crippen LogP) is -1.53. The molecule has 0 aliphatic carbocycles. The van der Waals surface area contributed by atoms with Crippen molar-refractivity contribution in [3.05, 3.63) is 0 Å². The van der Waals surface area contributed by atoms with Gasteiger partial charge in [0, 0.05) is 19.5 Å². The molecule has 0 aliphatic heterocycles. The van der Waals surface area contributed by atoms with Crippen LogP contribution in [-0.2, 0) is 29.9 Å². The molecule has 9 heteroatoms. The van der Waals surface area contributed by atoms with E-state index >= 15 is 0 Å². The van der Waals surface area contributed by atoms with Crippen LogP contribution < -0.4 is 0 Å². The minimum absolute atomic E-state index is 0. The van der Waals surface area contributed by atoms with E-state index in [1.165, 1.54) is 0 Å². The summed E-state index contributed by atoms with van der Waals surface area (Å²) in [6.07, 6.45) is 0. The maximum atomic E-state index is 8.74. The standard InChI is InChI=1S/ClH.2Na.H2O4S.Zn.2H/c;;;1-5(2,3)4;;;/h1H;;;(H2,1,2,3,4);;;. The van der Waals surface area contributed by atoms with Crippen LogP contribution >= 0.6 is 12.4 Å². The Morgan fingerprint density at radius 3 is 1.00 bits per heavy atom. The van der Waals surface area contributed by atoms with E-state index in [0.717, 1.165) is 0 Å². The molecule has 2 N–H and O–H groups in total. The van der Waals surface area contributed by atoms with Crippen molar-refractivity contribution in [2.45, 2.75) is 0 Å². The number of hydrogen-bond acceptors (Lipinski definition) is 2. The van der Waals surface area contributed by atoms with Gasteiger partial charge in [0.25, 0.3) is 0 Å². The van der Waals surface area contributed by atoms with Crippen LogP contribution in [0.3, 0.4) is 0 Å². The number of rotatable bonds is 0. The van der Waals surface area contributed by atoms with Gasteiger partial charge in [-0.3, -0.25) is 9.11 Å². The fourth-order valence-electron chi connectivity index (χ4n) is 0. The molecule has 0 aliphatic rings. The summed E-state index contributed by atoms with van der Waals surface area (Å²) in [6, 6.07) is 0. The molecule has 0 aromatic rings. The normalized spacial score (nSPS) is 6.44. The molecular formula is H5ClNa2O4SZn. The van der Waals surface area contributed by atoms with E-state index in [1.54, 1.807) is 0 Å². The zero-order valence-electron chi connectivity index (χ0n) is 3.23. The zero-order valence-corrected chi connectivity index (χ0v) is 7.83. The summed E-state index contributed by atoms with van der Waals surface area (Å²) in [7, 11) is -4.67. The number of halogens is 1. The summed E-state index contributed by atoms with van der Waals surface area (Å²) < 4.78 is 31.6. The first-order chi connectivity index (χ1) is 2.00. The summed E-state index contributed by atoms with van der Waals surface area (Å²) in [6.45, 7) is 0. The van der Waals surface area contributed by atoms with Crippen molar-refractivity contribution in [3.8, 4) is 0 Å². The molecule has 46 valence electrons. The molecule has 9 heavy (non-hydrogen) atoms. The summed E-state index contributed by atoms with van der Waals surface area (Å²) in [4.78, 5) is 0. The van der Waals surface area contributed by atoms with E-state index in [0.29, 0.717) is 0 Å². The molecule has 0 spiro atoms. The van der Waals surface area contributed by atoms with Gasteiger partial charge in [-0.1, -0.05) is 0 Å². The molecule has 0 heterocycles. The Hall–Kier alpha value is 2.78. The number of hydrogen-bond donors (Lipinski definition) is 2. The maximum Gasteiger partial charge on any atom is 0 e. The van der Waals surface area contributed by atoms with E-state index in [-0.39, 0.29) is 91.0 Å². The zero-order chi connectivity index (χ0) is 4.50. The molecule has 0 fully saturated rings. The van der Waals surface area contributed by atoms with Crippen LogP contribution in [0.2, 0.25) is 0 Å². The minimum atomic E-state index is -4.67. The topological polar surface area (TPSA) is 74.6 Å². The van der Waals surface area contributed by atoms with E-state index in [4.69, 9.17) is 17.5 Å². The van der Waals surface area contributed by atoms with Gasteiger partial charge in [0.1, 0.15) is 0 Å². The van der Waals surface area contributed by atoms with Crippen molar-refractivity contribution in [1.29, 1.82) is 0 Å². The van der Waals surface area contributed by atoms with Gasteiger partial charge < -0.3 is 0 Å². The van der Waals surface area contributed by atoms with Gasteiger partial charge in [0.15, 0.2) is 0 Å². The van der Waals surface area contributed by atoms with Crippen LogP contribution in [0.15, 0.2) is 0 Å². The Bertz CT molecular complexity index is 102. The van der Waals surface area contributed by atoms with Crippen LogP contribution in [-0.4, -0.2) is 76.6 Å². The molecule has 0 unspecified atom stereocenters. The third-order valence-electron chi connectivity index (χ3n) is 0. The Labute approximate surface area is 117 Å². The van der Waals surface area contributed by atoms with Gasteiger partial charge >= 0.3 is 69.5 Å². The molecule has 0 aromatic heterocycles. The molecule has 0 bridgehead atoms. The molecule has 0 aromatic carbocycles. The fraction of sp³-hybridized carbons (Fsp3) is 0. The van der Waals surface area contributed by atoms with Crippen molar-refractivity contribution >= 4 is 81.9 Å². The summed E-state index contributed by atoms with van der Waals surface area (Å²) >= 11 is 0. The monoisotopic (exact) mass is 246 g/mol. The summed E-state index contributed by atoms with van der Waals surface area (Å²) in [5.41, 5.74) is 0. The second-order valence-electron chi connectivity index (χ2n) is 0.448. The largest absolute Gasteiger partial charge is 0 e. The summed E-state index contributed by atoms with van der Waals surface area (Å²) in [5.74, 6) is 0. The van der Waals surface area contributed by atoms with E-state index in [9.17, 15) is 0 Å². The molecule has 4 nitrogen and oxygen atoms in total. The summed E-state index contributed by atoms with van der Waals surface area (Å²) in [5, 5.41) is 0. The Kier molecular flexibility index (Phi) is 44.3. The van der Waals surface area contributed by atoms with Crippen molar-refractivity contribution in [1.82, 2.24) is 0 Å². The first-order valence-corrected chi connectivity index (χ1v) is 2.10. The second-order valence-corrected chi connectivity index (χ2v) is 1.34. The van der Waals surface area contributed by atoms with Crippen LogP contribution in [0.1, 0.15) is 0 Å².